The van der Waals surface area contributed by atoms with Crippen molar-refractivity contribution in [2.75, 3.05) is 0 Å². The summed E-state index contributed by atoms with van der Waals surface area (Å²) in [7, 11) is 0. The highest BCUT2D eigenvalue weighted by Gasteiger charge is 2.21. The first kappa shape index (κ1) is 19.3. The number of aryl methyl sites for hydroxylation is 1. The van der Waals surface area contributed by atoms with E-state index in [0.29, 0.717) is 10.6 Å². The maximum Gasteiger partial charge on any atom is 0.283 e. The molecule has 0 aliphatic carbocycles. The molecule has 0 aliphatic rings. The van der Waals surface area contributed by atoms with Gasteiger partial charge < -0.3 is 4.74 Å². The Morgan fingerprint density at radius 2 is 1.82 bits per heavy atom. The Morgan fingerprint density at radius 3 is 2.50 bits per heavy atom. The topological polar surface area (TPSA) is 111 Å². The minimum atomic E-state index is -0.860. The Labute approximate surface area is 164 Å². The van der Waals surface area contributed by atoms with Gasteiger partial charge in [-0.05, 0) is 36.8 Å². The molecule has 2 aromatic carbocycles. The molecule has 0 saturated carbocycles. The average Bonchev–Trinajstić information content (AvgIpc) is 3.07. The molecule has 1 unspecified atom stereocenters. The van der Waals surface area contributed by atoms with Crippen molar-refractivity contribution >= 4 is 39.6 Å². The number of hydrazine groups is 1. The fraction of sp³-hybridized carbons (Fsp3) is 0.158. The van der Waals surface area contributed by atoms with Crippen LogP contribution in [0.5, 0.6) is 5.75 Å². The molecule has 3 aromatic rings. The highest BCUT2D eigenvalue weighted by Crippen LogP contribution is 2.27. The fourth-order valence-electron chi connectivity index (χ4n) is 2.55. The molecule has 2 N–H and O–H groups in total. The second kappa shape index (κ2) is 8.05. The van der Waals surface area contributed by atoms with Crippen LogP contribution in [0.15, 0.2) is 48.5 Å². The standard InChI is InChI=1S/C19H17N3O5S/c1-11(27-15-8-7-13-5-3-4-6-14(13)9-15)18(23)20-21-19(24)17-10-16(22(25)26)12(2)28-17/h3-11H,1-2H3,(H,20,23)(H,21,24). The summed E-state index contributed by atoms with van der Waals surface area (Å²) in [4.78, 5) is 35.1. The van der Waals surface area contributed by atoms with Crippen molar-refractivity contribution < 1.29 is 19.2 Å². The number of thiophene rings is 1. The van der Waals surface area contributed by atoms with Crippen molar-refractivity contribution in [1.82, 2.24) is 10.9 Å². The number of hydrogen-bond donors (Lipinski definition) is 2. The van der Waals surface area contributed by atoms with Gasteiger partial charge in [0.1, 0.15) is 10.6 Å². The zero-order valence-electron chi connectivity index (χ0n) is 15.1. The van der Waals surface area contributed by atoms with Crippen LogP contribution in [0.4, 0.5) is 5.69 Å². The highest BCUT2D eigenvalue weighted by atomic mass is 32.1. The molecule has 9 heteroatoms. The van der Waals surface area contributed by atoms with E-state index >= 15 is 0 Å². The number of carbonyl (C=O) groups excluding carboxylic acids is 2. The van der Waals surface area contributed by atoms with Crippen molar-refractivity contribution in [3.63, 3.8) is 0 Å². The summed E-state index contributed by atoms with van der Waals surface area (Å²) in [6.45, 7) is 3.11. The molecule has 1 atom stereocenters. The van der Waals surface area contributed by atoms with Crippen LogP contribution in [-0.2, 0) is 4.79 Å². The maximum absolute atomic E-state index is 12.2. The molecule has 1 heterocycles. The fourth-order valence-corrected chi connectivity index (χ4v) is 3.43. The summed E-state index contributed by atoms with van der Waals surface area (Å²) in [6.07, 6.45) is -0.860. The first-order valence-corrected chi connectivity index (χ1v) is 9.17. The molecular weight excluding hydrogens is 382 g/mol. The van der Waals surface area contributed by atoms with Crippen LogP contribution in [0.25, 0.3) is 10.8 Å². The van der Waals surface area contributed by atoms with Crippen molar-refractivity contribution in [3.8, 4) is 5.75 Å². The predicted octanol–water partition coefficient (Wildman–Crippen LogP) is 3.35. The second-order valence-electron chi connectivity index (χ2n) is 6.02. The third-order valence-corrected chi connectivity index (χ3v) is 5.05. The van der Waals surface area contributed by atoms with Crippen LogP contribution < -0.4 is 15.6 Å². The van der Waals surface area contributed by atoms with Gasteiger partial charge in [-0.15, -0.1) is 11.3 Å². The van der Waals surface area contributed by atoms with E-state index in [9.17, 15) is 19.7 Å². The van der Waals surface area contributed by atoms with Crippen LogP contribution >= 0.6 is 11.3 Å². The van der Waals surface area contributed by atoms with E-state index in [0.717, 1.165) is 22.1 Å². The number of nitrogens with zero attached hydrogens (tertiary/aromatic N) is 1. The Hall–Kier alpha value is -3.46. The van der Waals surface area contributed by atoms with E-state index in [1.165, 1.54) is 6.07 Å². The van der Waals surface area contributed by atoms with Crippen LogP contribution in [0.3, 0.4) is 0 Å². The molecule has 28 heavy (non-hydrogen) atoms. The zero-order valence-corrected chi connectivity index (χ0v) is 15.9. The molecular formula is C19H17N3O5S. The molecule has 0 fully saturated rings. The van der Waals surface area contributed by atoms with Gasteiger partial charge >= 0.3 is 0 Å². The maximum atomic E-state index is 12.2. The summed E-state index contributed by atoms with van der Waals surface area (Å²) in [5, 5.41) is 12.9. The number of benzene rings is 2. The Morgan fingerprint density at radius 1 is 1.11 bits per heavy atom. The first-order valence-electron chi connectivity index (χ1n) is 8.35. The lowest BCUT2D eigenvalue weighted by Crippen LogP contribution is -2.47. The van der Waals surface area contributed by atoms with E-state index in [1.54, 1.807) is 19.9 Å². The third kappa shape index (κ3) is 4.26. The lowest BCUT2D eigenvalue weighted by molar-refractivity contribution is -0.385. The average molecular weight is 399 g/mol. The molecule has 0 radical (unpaired) electrons. The number of nitrogens with one attached hydrogen (secondary N) is 2. The van der Waals surface area contributed by atoms with Gasteiger partial charge in [-0.3, -0.25) is 30.6 Å². The van der Waals surface area contributed by atoms with Gasteiger partial charge in [0.05, 0.1) is 9.80 Å². The van der Waals surface area contributed by atoms with Crippen molar-refractivity contribution in [3.05, 3.63) is 68.4 Å². The summed E-state index contributed by atoms with van der Waals surface area (Å²) in [5.41, 5.74) is 4.38. The van der Waals surface area contributed by atoms with Crippen LogP contribution in [0, 0.1) is 17.0 Å². The van der Waals surface area contributed by atoms with Crippen molar-refractivity contribution in [2.24, 2.45) is 0 Å². The number of fused-ring (bicyclic) bond motifs is 1. The lowest BCUT2D eigenvalue weighted by atomic mass is 10.1. The first-order chi connectivity index (χ1) is 13.3. The third-order valence-electron chi connectivity index (χ3n) is 4.01. The summed E-state index contributed by atoms with van der Waals surface area (Å²) in [6, 6.07) is 14.4. The minimum absolute atomic E-state index is 0.130. The second-order valence-corrected chi connectivity index (χ2v) is 7.28. The molecule has 3 rings (SSSR count). The molecule has 144 valence electrons. The van der Waals surface area contributed by atoms with Gasteiger partial charge in [0.15, 0.2) is 6.10 Å². The number of nitro groups is 1. The van der Waals surface area contributed by atoms with Gasteiger partial charge in [0.2, 0.25) is 0 Å². The summed E-state index contributed by atoms with van der Waals surface area (Å²) < 4.78 is 5.63. The number of ether oxygens (including phenoxy) is 1. The normalized spacial score (nSPS) is 11.6. The van der Waals surface area contributed by atoms with Crippen LogP contribution in [0.1, 0.15) is 21.5 Å². The predicted molar refractivity (Wildman–Crippen MR) is 105 cm³/mol. The lowest BCUT2D eigenvalue weighted by Gasteiger charge is -2.15. The summed E-state index contributed by atoms with van der Waals surface area (Å²) in [5.74, 6) is -0.658. The summed E-state index contributed by atoms with van der Waals surface area (Å²) >= 11 is 0.978. The SMILES string of the molecule is Cc1sc(C(=O)NNC(=O)C(C)Oc2ccc3ccccc3c2)cc1[N+](=O)[O-]. The van der Waals surface area contributed by atoms with E-state index < -0.39 is 22.8 Å². The van der Waals surface area contributed by atoms with E-state index in [4.69, 9.17) is 4.74 Å². The Kier molecular flexibility index (Phi) is 5.55. The zero-order chi connectivity index (χ0) is 20.3. The van der Waals surface area contributed by atoms with Crippen LogP contribution in [0.2, 0.25) is 0 Å². The van der Waals surface area contributed by atoms with Gasteiger partial charge in [-0.25, -0.2) is 0 Å². The number of hydrogen-bond acceptors (Lipinski definition) is 6. The molecule has 0 bridgehead atoms. The largest absolute Gasteiger partial charge is 0.481 e. The molecule has 8 nitrogen and oxygen atoms in total. The molecule has 2 amide bonds. The quantitative estimate of drug-likeness (QED) is 0.505. The molecule has 0 saturated heterocycles. The van der Waals surface area contributed by atoms with Gasteiger partial charge in [0.25, 0.3) is 17.5 Å². The number of amides is 2. The monoisotopic (exact) mass is 399 g/mol. The minimum Gasteiger partial charge on any atom is -0.481 e. The number of carbonyl (C=O) groups is 2. The smallest absolute Gasteiger partial charge is 0.283 e. The Balaban J connectivity index is 1.58. The number of rotatable bonds is 5. The van der Waals surface area contributed by atoms with Crippen LogP contribution in [-0.4, -0.2) is 22.8 Å². The molecule has 1 aromatic heterocycles. The highest BCUT2D eigenvalue weighted by molar-refractivity contribution is 7.14. The van der Waals surface area contributed by atoms with Crippen molar-refractivity contribution in [1.29, 1.82) is 0 Å². The van der Waals surface area contributed by atoms with Gasteiger partial charge in [-0.1, -0.05) is 30.3 Å². The Bertz CT molecular complexity index is 1060. The molecule has 0 aliphatic heterocycles. The van der Waals surface area contributed by atoms with E-state index in [1.807, 2.05) is 36.4 Å². The van der Waals surface area contributed by atoms with E-state index in [2.05, 4.69) is 10.9 Å². The molecule has 0 spiro atoms. The van der Waals surface area contributed by atoms with E-state index in [-0.39, 0.29) is 10.6 Å². The van der Waals surface area contributed by atoms with Gasteiger partial charge in [0, 0.05) is 6.07 Å². The van der Waals surface area contributed by atoms with Crippen molar-refractivity contribution in [2.45, 2.75) is 20.0 Å². The van der Waals surface area contributed by atoms with Gasteiger partial charge in [-0.2, -0.15) is 0 Å².